The number of hydrogen-bond acceptors (Lipinski definition) is 5. The summed E-state index contributed by atoms with van der Waals surface area (Å²) in [5, 5.41) is 9.87. The normalized spacial score (nSPS) is 10.7. The summed E-state index contributed by atoms with van der Waals surface area (Å²) in [7, 11) is 0. The van der Waals surface area contributed by atoms with E-state index in [1.807, 2.05) is 12.3 Å². The van der Waals surface area contributed by atoms with Crippen molar-refractivity contribution in [1.29, 1.82) is 0 Å². The third-order valence-corrected chi connectivity index (χ3v) is 4.24. The van der Waals surface area contributed by atoms with Crippen LogP contribution in [0.15, 0.2) is 35.8 Å². The van der Waals surface area contributed by atoms with Gasteiger partial charge >= 0.3 is 0 Å². The molecule has 0 fully saturated rings. The number of halogens is 1. The lowest BCUT2D eigenvalue weighted by Gasteiger charge is -2.03. The van der Waals surface area contributed by atoms with Crippen molar-refractivity contribution in [2.45, 2.75) is 13.5 Å². The molecule has 3 rings (SSSR count). The molecule has 0 unspecified atom stereocenters. The van der Waals surface area contributed by atoms with Crippen molar-refractivity contribution in [2.24, 2.45) is 5.73 Å². The van der Waals surface area contributed by atoms with Gasteiger partial charge in [-0.15, -0.1) is 16.4 Å². The average Bonchev–Trinajstić information content (AvgIpc) is 3.13. The number of thiophene rings is 1. The molecule has 0 radical (unpaired) electrons. The van der Waals surface area contributed by atoms with Gasteiger partial charge in [-0.05, 0) is 42.1 Å². The Labute approximate surface area is 135 Å². The standard InChI is InChI=1S/C15H13FN4O2S/c1-9-8-23-14(15(17)21)13(9)20-6-11(18-19-20)7-22-12-4-2-10(16)3-5-12/h2-6,8H,7H2,1H3,(H2,17,21). The second-order valence-corrected chi connectivity index (χ2v) is 5.74. The maximum absolute atomic E-state index is 12.8. The summed E-state index contributed by atoms with van der Waals surface area (Å²) < 4.78 is 19.9. The van der Waals surface area contributed by atoms with Crippen molar-refractivity contribution in [1.82, 2.24) is 15.0 Å². The van der Waals surface area contributed by atoms with E-state index in [2.05, 4.69) is 10.3 Å². The molecule has 0 aliphatic heterocycles. The molecule has 8 heteroatoms. The Morgan fingerprint density at radius 1 is 1.39 bits per heavy atom. The Morgan fingerprint density at radius 3 is 2.83 bits per heavy atom. The van der Waals surface area contributed by atoms with Crippen LogP contribution in [0.5, 0.6) is 5.75 Å². The van der Waals surface area contributed by atoms with Crippen LogP contribution in [0.3, 0.4) is 0 Å². The van der Waals surface area contributed by atoms with E-state index in [-0.39, 0.29) is 12.4 Å². The number of aryl methyl sites for hydroxylation is 1. The first-order valence-electron chi connectivity index (χ1n) is 6.72. The SMILES string of the molecule is Cc1csc(C(N)=O)c1-n1cc(COc2ccc(F)cc2)nn1. The fourth-order valence-electron chi connectivity index (χ4n) is 2.06. The number of hydrogen-bond donors (Lipinski definition) is 1. The van der Waals surface area contributed by atoms with Gasteiger partial charge in [0.15, 0.2) is 0 Å². The molecule has 0 saturated carbocycles. The number of amides is 1. The third kappa shape index (κ3) is 3.21. The highest BCUT2D eigenvalue weighted by atomic mass is 32.1. The zero-order valence-electron chi connectivity index (χ0n) is 12.2. The molecular weight excluding hydrogens is 319 g/mol. The highest BCUT2D eigenvalue weighted by Crippen LogP contribution is 2.25. The molecule has 3 aromatic rings. The number of aromatic nitrogens is 3. The zero-order valence-corrected chi connectivity index (χ0v) is 13.0. The van der Waals surface area contributed by atoms with Crippen molar-refractivity contribution in [3.8, 4) is 11.4 Å². The fourth-order valence-corrected chi connectivity index (χ4v) is 2.95. The van der Waals surface area contributed by atoms with Crippen LogP contribution in [0.25, 0.3) is 5.69 Å². The van der Waals surface area contributed by atoms with Crippen LogP contribution in [0.4, 0.5) is 4.39 Å². The first-order chi connectivity index (χ1) is 11.0. The molecule has 1 aromatic carbocycles. The Bertz CT molecular complexity index is 842. The number of carbonyl (C=O) groups is 1. The molecule has 2 N–H and O–H groups in total. The van der Waals surface area contributed by atoms with Crippen LogP contribution >= 0.6 is 11.3 Å². The number of ether oxygens (including phenoxy) is 1. The van der Waals surface area contributed by atoms with Gasteiger partial charge in [0, 0.05) is 0 Å². The molecule has 0 atom stereocenters. The van der Waals surface area contributed by atoms with Gasteiger partial charge in [-0.3, -0.25) is 4.79 Å². The van der Waals surface area contributed by atoms with Crippen LogP contribution in [0.2, 0.25) is 0 Å². The highest BCUT2D eigenvalue weighted by molar-refractivity contribution is 7.12. The third-order valence-electron chi connectivity index (χ3n) is 3.14. The molecule has 1 amide bonds. The summed E-state index contributed by atoms with van der Waals surface area (Å²) in [6, 6.07) is 5.71. The summed E-state index contributed by atoms with van der Waals surface area (Å²) in [6.07, 6.45) is 1.67. The lowest BCUT2D eigenvalue weighted by atomic mass is 10.2. The summed E-state index contributed by atoms with van der Waals surface area (Å²) in [4.78, 5) is 11.9. The van der Waals surface area contributed by atoms with Gasteiger partial charge in [0.2, 0.25) is 0 Å². The molecule has 0 bridgehead atoms. The van der Waals surface area contributed by atoms with Crippen LogP contribution < -0.4 is 10.5 Å². The number of nitrogens with two attached hydrogens (primary N) is 1. The predicted octanol–water partition coefficient (Wildman–Crippen LogP) is 2.45. The van der Waals surface area contributed by atoms with E-state index in [1.54, 1.807) is 6.20 Å². The monoisotopic (exact) mass is 332 g/mol. The van der Waals surface area contributed by atoms with Gasteiger partial charge < -0.3 is 10.5 Å². The zero-order chi connectivity index (χ0) is 16.4. The minimum atomic E-state index is -0.502. The second-order valence-electron chi connectivity index (χ2n) is 4.86. The van der Waals surface area contributed by atoms with Crippen LogP contribution in [0.1, 0.15) is 20.9 Å². The molecular formula is C15H13FN4O2S. The van der Waals surface area contributed by atoms with Crippen LogP contribution in [0, 0.1) is 12.7 Å². The van der Waals surface area contributed by atoms with Gasteiger partial charge in [0.05, 0.1) is 11.9 Å². The van der Waals surface area contributed by atoms with E-state index in [9.17, 15) is 9.18 Å². The quantitative estimate of drug-likeness (QED) is 0.778. The summed E-state index contributed by atoms with van der Waals surface area (Å²) >= 11 is 1.27. The van der Waals surface area contributed by atoms with Crippen molar-refractivity contribution >= 4 is 17.2 Å². The maximum Gasteiger partial charge on any atom is 0.261 e. The van der Waals surface area contributed by atoms with E-state index in [4.69, 9.17) is 10.5 Å². The van der Waals surface area contributed by atoms with E-state index < -0.39 is 5.91 Å². The second kappa shape index (κ2) is 6.17. The van der Waals surface area contributed by atoms with Gasteiger partial charge in [-0.2, -0.15) is 0 Å². The Morgan fingerprint density at radius 2 is 2.13 bits per heavy atom. The minimum absolute atomic E-state index is 0.181. The topological polar surface area (TPSA) is 83.0 Å². The largest absolute Gasteiger partial charge is 0.487 e. The molecule has 6 nitrogen and oxygen atoms in total. The number of primary amides is 1. The summed E-state index contributed by atoms with van der Waals surface area (Å²) in [5.74, 6) is -0.293. The molecule has 23 heavy (non-hydrogen) atoms. The van der Waals surface area contributed by atoms with E-state index in [0.717, 1.165) is 5.56 Å². The van der Waals surface area contributed by atoms with Crippen LogP contribution in [-0.2, 0) is 6.61 Å². The number of nitrogens with zero attached hydrogens (tertiary/aromatic N) is 3. The molecule has 0 spiro atoms. The number of carbonyl (C=O) groups excluding carboxylic acids is 1. The van der Waals surface area contributed by atoms with Crippen molar-refractivity contribution < 1.29 is 13.9 Å². The molecule has 0 saturated heterocycles. The van der Waals surface area contributed by atoms with Gasteiger partial charge in [0.1, 0.15) is 28.7 Å². The Balaban J connectivity index is 1.77. The molecule has 0 aliphatic rings. The van der Waals surface area contributed by atoms with Gasteiger partial charge in [-0.1, -0.05) is 5.21 Å². The lowest BCUT2D eigenvalue weighted by molar-refractivity contribution is 0.100. The number of rotatable bonds is 5. The smallest absolute Gasteiger partial charge is 0.261 e. The van der Waals surface area contributed by atoms with E-state index >= 15 is 0 Å². The van der Waals surface area contributed by atoms with E-state index in [1.165, 1.54) is 40.3 Å². The van der Waals surface area contributed by atoms with Crippen molar-refractivity contribution in [3.05, 3.63) is 57.8 Å². The fraction of sp³-hybridized carbons (Fsp3) is 0.133. The van der Waals surface area contributed by atoms with Crippen molar-refractivity contribution in [2.75, 3.05) is 0 Å². The first-order valence-corrected chi connectivity index (χ1v) is 7.60. The molecule has 118 valence electrons. The molecule has 0 aliphatic carbocycles. The Hall–Kier alpha value is -2.74. The molecule has 2 aromatic heterocycles. The predicted molar refractivity (Wildman–Crippen MR) is 83.2 cm³/mol. The van der Waals surface area contributed by atoms with E-state index in [0.29, 0.717) is 22.0 Å². The Kier molecular flexibility index (Phi) is 4.07. The van der Waals surface area contributed by atoms with Crippen LogP contribution in [-0.4, -0.2) is 20.9 Å². The highest BCUT2D eigenvalue weighted by Gasteiger charge is 2.17. The van der Waals surface area contributed by atoms with Gasteiger partial charge in [-0.25, -0.2) is 9.07 Å². The summed E-state index contributed by atoms with van der Waals surface area (Å²) in [5.41, 5.74) is 7.47. The minimum Gasteiger partial charge on any atom is -0.487 e. The average molecular weight is 332 g/mol. The lowest BCUT2D eigenvalue weighted by Crippen LogP contribution is -2.12. The molecule has 2 heterocycles. The maximum atomic E-state index is 12.8. The summed E-state index contributed by atoms with van der Waals surface area (Å²) in [6.45, 7) is 2.05. The van der Waals surface area contributed by atoms with Gasteiger partial charge in [0.25, 0.3) is 5.91 Å². The number of benzene rings is 1. The van der Waals surface area contributed by atoms with Crippen molar-refractivity contribution in [3.63, 3.8) is 0 Å². The first kappa shape index (κ1) is 15.2.